The van der Waals surface area contributed by atoms with Crippen LogP contribution < -0.4 is 9.64 Å². The fourth-order valence-electron chi connectivity index (χ4n) is 2.25. The van der Waals surface area contributed by atoms with Crippen LogP contribution in [-0.2, 0) is 0 Å². The molecule has 98 valence electrons. The van der Waals surface area contributed by atoms with Gasteiger partial charge in [0.1, 0.15) is 5.75 Å². The molecule has 0 atom stereocenters. The average Bonchev–Trinajstić information content (AvgIpc) is 2.90. The fraction of sp³-hybridized carbons (Fsp3) is 0.267. The molecular formula is C15H15NO2S. The van der Waals surface area contributed by atoms with Gasteiger partial charge in [0.15, 0.2) is 5.78 Å². The lowest BCUT2D eigenvalue weighted by Gasteiger charge is -2.22. The molecule has 0 saturated heterocycles. The molecule has 0 unspecified atom stereocenters. The van der Waals surface area contributed by atoms with E-state index in [1.54, 1.807) is 0 Å². The molecule has 1 aliphatic rings. The lowest BCUT2D eigenvalue weighted by molar-refractivity contribution is 0.100. The van der Waals surface area contributed by atoms with Crippen molar-refractivity contribution < 1.29 is 9.53 Å². The molecule has 0 spiro atoms. The Balaban J connectivity index is 1.83. The first-order chi connectivity index (χ1) is 9.34. The van der Waals surface area contributed by atoms with Gasteiger partial charge in [0.2, 0.25) is 0 Å². The number of ether oxygens (including phenoxy) is 1. The first-order valence-electron chi connectivity index (χ1n) is 6.38. The molecule has 1 aromatic heterocycles. The maximum absolute atomic E-state index is 12.2. The summed E-state index contributed by atoms with van der Waals surface area (Å²) in [6.07, 6.45) is 0.937. The normalized spacial score (nSPS) is 14.4. The van der Waals surface area contributed by atoms with E-state index in [2.05, 4.69) is 4.90 Å². The van der Waals surface area contributed by atoms with Gasteiger partial charge in [-0.3, -0.25) is 4.79 Å². The van der Waals surface area contributed by atoms with E-state index in [-0.39, 0.29) is 5.78 Å². The first-order valence-corrected chi connectivity index (χ1v) is 7.26. The van der Waals surface area contributed by atoms with Crippen molar-refractivity contribution in [3.05, 3.63) is 46.7 Å². The summed E-state index contributed by atoms with van der Waals surface area (Å²) in [5, 5.41) is 1.94. The number of hydrogen-bond donors (Lipinski definition) is 0. The summed E-state index contributed by atoms with van der Waals surface area (Å²) in [6, 6.07) is 11.7. The van der Waals surface area contributed by atoms with E-state index in [1.807, 2.05) is 41.8 Å². The lowest BCUT2D eigenvalue weighted by atomic mass is 10.2. The van der Waals surface area contributed by atoms with Crippen LogP contribution in [0.15, 0.2) is 41.8 Å². The number of hydrogen-bond acceptors (Lipinski definition) is 4. The zero-order chi connectivity index (χ0) is 13.1. The van der Waals surface area contributed by atoms with E-state index < -0.39 is 0 Å². The number of para-hydroxylation sites is 2. The number of thiophene rings is 1. The molecule has 2 aromatic rings. The molecule has 0 N–H and O–H groups in total. The van der Waals surface area contributed by atoms with E-state index in [0.29, 0.717) is 13.2 Å². The molecule has 3 rings (SSSR count). The van der Waals surface area contributed by atoms with Gasteiger partial charge in [-0.2, -0.15) is 0 Å². The minimum Gasteiger partial charge on any atom is -0.491 e. The minimum atomic E-state index is 0.173. The molecule has 3 nitrogen and oxygen atoms in total. The van der Waals surface area contributed by atoms with Crippen LogP contribution in [0.5, 0.6) is 5.75 Å². The molecule has 1 aliphatic heterocycles. The Morgan fingerprint density at radius 1 is 1.26 bits per heavy atom. The third-order valence-electron chi connectivity index (χ3n) is 3.17. The maximum atomic E-state index is 12.2. The molecular weight excluding hydrogens is 258 g/mol. The van der Waals surface area contributed by atoms with Gasteiger partial charge in [-0.15, -0.1) is 11.3 Å². The van der Waals surface area contributed by atoms with Gasteiger partial charge in [-0.05, 0) is 30.0 Å². The maximum Gasteiger partial charge on any atom is 0.191 e. The van der Waals surface area contributed by atoms with Gasteiger partial charge in [0.25, 0.3) is 0 Å². The summed E-state index contributed by atoms with van der Waals surface area (Å²) < 4.78 is 5.70. The van der Waals surface area contributed by atoms with E-state index in [9.17, 15) is 4.79 Å². The Morgan fingerprint density at radius 3 is 3.00 bits per heavy atom. The average molecular weight is 273 g/mol. The Bertz CT molecular complexity index is 565. The van der Waals surface area contributed by atoms with E-state index in [0.717, 1.165) is 29.3 Å². The minimum absolute atomic E-state index is 0.173. The SMILES string of the molecule is O=C(CN1CCCOc2ccccc21)c1cccs1. The van der Waals surface area contributed by atoms with Crippen molar-refractivity contribution in [2.75, 3.05) is 24.6 Å². The van der Waals surface area contributed by atoms with Crippen molar-refractivity contribution in [2.45, 2.75) is 6.42 Å². The number of ketones is 1. The third kappa shape index (κ3) is 2.63. The van der Waals surface area contributed by atoms with Crippen LogP contribution in [0.25, 0.3) is 0 Å². The van der Waals surface area contributed by atoms with Crippen molar-refractivity contribution in [1.29, 1.82) is 0 Å². The second-order valence-electron chi connectivity index (χ2n) is 4.49. The summed E-state index contributed by atoms with van der Waals surface area (Å²) >= 11 is 1.50. The van der Waals surface area contributed by atoms with Crippen molar-refractivity contribution in [3.8, 4) is 5.75 Å². The van der Waals surface area contributed by atoms with Crippen LogP contribution in [0.3, 0.4) is 0 Å². The summed E-state index contributed by atoms with van der Waals surface area (Å²) in [5.41, 5.74) is 1.02. The first kappa shape index (κ1) is 12.2. The van der Waals surface area contributed by atoms with Crippen LogP contribution in [0.2, 0.25) is 0 Å². The highest BCUT2D eigenvalue weighted by atomic mass is 32.1. The smallest absolute Gasteiger partial charge is 0.191 e. The molecule has 2 heterocycles. The second-order valence-corrected chi connectivity index (χ2v) is 5.44. The number of rotatable bonds is 3. The molecule has 0 saturated carbocycles. The van der Waals surface area contributed by atoms with Gasteiger partial charge >= 0.3 is 0 Å². The number of fused-ring (bicyclic) bond motifs is 1. The van der Waals surface area contributed by atoms with Gasteiger partial charge in [-0.25, -0.2) is 0 Å². The molecule has 0 aliphatic carbocycles. The Labute approximate surface area is 116 Å². The van der Waals surface area contributed by atoms with Crippen LogP contribution in [0.1, 0.15) is 16.1 Å². The summed E-state index contributed by atoms with van der Waals surface area (Å²) in [6.45, 7) is 1.98. The molecule has 4 heteroatoms. The zero-order valence-electron chi connectivity index (χ0n) is 10.5. The Kier molecular flexibility index (Phi) is 3.51. The van der Waals surface area contributed by atoms with Gasteiger partial charge in [0, 0.05) is 6.54 Å². The standard InChI is InChI=1S/C15H15NO2S/c17-13(15-7-3-10-19-15)11-16-8-4-9-18-14-6-2-1-5-12(14)16/h1-3,5-7,10H,4,8-9,11H2. The molecule has 0 bridgehead atoms. The van der Waals surface area contributed by atoms with Gasteiger partial charge < -0.3 is 9.64 Å². The van der Waals surface area contributed by atoms with E-state index in [4.69, 9.17) is 4.74 Å². The second kappa shape index (κ2) is 5.45. The van der Waals surface area contributed by atoms with Crippen molar-refractivity contribution in [2.24, 2.45) is 0 Å². The number of carbonyl (C=O) groups is 1. The highest BCUT2D eigenvalue weighted by Crippen LogP contribution is 2.30. The van der Waals surface area contributed by atoms with Crippen molar-refractivity contribution >= 4 is 22.8 Å². The predicted octanol–water partition coefficient (Wildman–Crippen LogP) is 3.22. The zero-order valence-corrected chi connectivity index (χ0v) is 11.4. The molecule has 0 amide bonds. The summed E-state index contributed by atoms with van der Waals surface area (Å²) in [4.78, 5) is 15.2. The Morgan fingerprint density at radius 2 is 2.16 bits per heavy atom. The van der Waals surface area contributed by atoms with Crippen LogP contribution in [-0.4, -0.2) is 25.5 Å². The number of nitrogens with zero attached hydrogens (tertiary/aromatic N) is 1. The number of benzene rings is 1. The number of anilines is 1. The highest BCUT2D eigenvalue weighted by molar-refractivity contribution is 7.12. The topological polar surface area (TPSA) is 29.5 Å². The lowest BCUT2D eigenvalue weighted by Crippen LogP contribution is -2.30. The van der Waals surface area contributed by atoms with E-state index in [1.165, 1.54) is 11.3 Å². The van der Waals surface area contributed by atoms with E-state index >= 15 is 0 Å². The highest BCUT2D eigenvalue weighted by Gasteiger charge is 2.19. The molecule has 0 radical (unpaired) electrons. The van der Waals surface area contributed by atoms with Crippen LogP contribution in [0.4, 0.5) is 5.69 Å². The molecule has 1 aromatic carbocycles. The molecule has 0 fully saturated rings. The van der Waals surface area contributed by atoms with Crippen molar-refractivity contribution in [3.63, 3.8) is 0 Å². The summed E-state index contributed by atoms with van der Waals surface area (Å²) in [5.74, 6) is 1.05. The largest absolute Gasteiger partial charge is 0.491 e. The fourth-order valence-corrected chi connectivity index (χ4v) is 2.91. The third-order valence-corrected chi connectivity index (χ3v) is 4.08. The van der Waals surface area contributed by atoms with Gasteiger partial charge in [-0.1, -0.05) is 18.2 Å². The van der Waals surface area contributed by atoms with Crippen LogP contribution in [0, 0.1) is 0 Å². The number of carbonyl (C=O) groups excluding carboxylic acids is 1. The quantitative estimate of drug-likeness (QED) is 0.804. The van der Waals surface area contributed by atoms with Crippen LogP contribution >= 0.6 is 11.3 Å². The Hall–Kier alpha value is -1.81. The summed E-state index contributed by atoms with van der Waals surface area (Å²) in [7, 11) is 0. The van der Waals surface area contributed by atoms with Gasteiger partial charge in [0.05, 0.1) is 23.7 Å². The number of Topliss-reactive ketones (excluding diaryl/α,β-unsaturated/α-hetero) is 1. The monoisotopic (exact) mass is 273 g/mol. The van der Waals surface area contributed by atoms with Crippen molar-refractivity contribution in [1.82, 2.24) is 0 Å². The molecule has 19 heavy (non-hydrogen) atoms. The predicted molar refractivity (Wildman–Crippen MR) is 77.4 cm³/mol.